The van der Waals surface area contributed by atoms with Crippen LogP contribution in [0.2, 0.25) is 0 Å². The molecule has 1 N–H and O–H groups in total. The molecule has 4 nitrogen and oxygen atoms in total. The zero-order chi connectivity index (χ0) is 10.0. The van der Waals surface area contributed by atoms with Gasteiger partial charge in [-0.25, -0.2) is 4.79 Å². The second-order valence-corrected chi connectivity index (χ2v) is 3.65. The molecule has 2 unspecified atom stereocenters. The molecule has 0 saturated carbocycles. The third-order valence-corrected chi connectivity index (χ3v) is 2.07. The summed E-state index contributed by atoms with van der Waals surface area (Å²) in [4.78, 5) is 23.4. The molecule has 1 heterocycles. The van der Waals surface area contributed by atoms with Crippen LogP contribution in [0.4, 0.5) is 0 Å². The summed E-state index contributed by atoms with van der Waals surface area (Å²) in [5.74, 6) is -1.25. The number of carbonyl (C=O) groups excluding carboxylic acids is 1. The molecule has 0 aromatic heterocycles. The second-order valence-electron chi connectivity index (χ2n) is 2.88. The highest BCUT2D eigenvalue weighted by atomic mass is 32.1. The highest BCUT2D eigenvalue weighted by Crippen LogP contribution is 2.13. The maximum atomic E-state index is 11.4. The molecule has 5 heteroatoms. The number of carboxylic acid groups (broad SMARTS) is 1. The van der Waals surface area contributed by atoms with Gasteiger partial charge in [0.15, 0.2) is 0 Å². The molecule has 0 aromatic rings. The van der Waals surface area contributed by atoms with Gasteiger partial charge in [0.25, 0.3) is 0 Å². The predicted octanol–water partition coefficient (Wildman–Crippen LogP) is 0.156. The van der Waals surface area contributed by atoms with Crippen molar-refractivity contribution in [3.63, 3.8) is 0 Å². The fraction of sp³-hybridized carbons (Fsp3) is 0.500. The molecule has 1 rings (SSSR count). The number of rotatable bonds is 2. The van der Waals surface area contributed by atoms with Gasteiger partial charge in [-0.15, -0.1) is 0 Å². The van der Waals surface area contributed by atoms with Crippen molar-refractivity contribution in [2.45, 2.75) is 18.2 Å². The lowest BCUT2D eigenvalue weighted by atomic mass is 10.2. The Kier molecular flexibility index (Phi) is 2.98. The molecule has 2 atom stereocenters. The summed E-state index contributed by atoms with van der Waals surface area (Å²) in [5.41, 5.74) is 0. The summed E-state index contributed by atoms with van der Waals surface area (Å²) in [6.07, 6.45) is 3.18. The van der Waals surface area contributed by atoms with Crippen LogP contribution in [0.5, 0.6) is 0 Å². The van der Waals surface area contributed by atoms with Gasteiger partial charge >= 0.3 is 5.97 Å². The molecule has 0 aromatic carbocycles. The average molecular weight is 201 g/mol. The van der Waals surface area contributed by atoms with Crippen LogP contribution in [0.3, 0.4) is 0 Å². The predicted molar refractivity (Wildman–Crippen MR) is 50.7 cm³/mol. The Morgan fingerprint density at radius 1 is 1.69 bits per heavy atom. The van der Waals surface area contributed by atoms with Crippen molar-refractivity contribution in [1.29, 1.82) is 0 Å². The van der Waals surface area contributed by atoms with E-state index in [9.17, 15) is 9.59 Å². The van der Waals surface area contributed by atoms with E-state index < -0.39 is 17.3 Å². The molecule has 1 aliphatic heterocycles. The molecule has 72 valence electrons. The monoisotopic (exact) mass is 201 g/mol. The summed E-state index contributed by atoms with van der Waals surface area (Å²) >= 11 is 3.97. The van der Waals surface area contributed by atoms with Crippen LogP contribution >= 0.6 is 12.6 Å². The topological polar surface area (TPSA) is 57.6 Å². The lowest BCUT2D eigenvalue weighted by molar-refractivity contribution is -0.146. The van der Waals surface area contributed by atoms with Crippen molar-refractivity contribution in [1.82, 2.24) is 4.90 Å². The number of hydrogen-bond acceptors (Lipinski definition) is 3. The van der Waals surface area contributed by atoms with E-state index in [0.29, 0.717) is 6.54 Å². The van der Waals surface area contributed by atoms with Crippen molar-refractivity contribution in [3.05, 3.63) is 12.2 Å². The zero-order valence-corrected chi connectivity index (χ0v) is 8.07. The van der Waals surface area contributed by atoms with E-state index in [0.717, 1.165) is 0 Å². The van der Waals surface area contributed by atoms with Gasteiger partial charge in [-0.2, -0.15) is 12.6 Å². The van der Waals surface area contributed by atoms with Crippen LogP contribution in [0.1, 0.15) is 6.92 Å². The molecule has 0 bridgehead atoms. The summed E-state index contributed by atoms with van der Waals surface area (Å²) < 4.78 is 0. The van der Waals surface area contributed by atoms with Crippen LogP contribution in [-0.2, 0) is 9.59 Å². The molecule has 13 heavy (non-hydrogen) atoms. The normalized spacial score (nSPS) is 23.2. The molecule has 0 aliphatic carbocycles. The standard InChI is InChI=1S/C8H11NO3S/c1-5(13)7(10)9-4-2-3-6(9)8(11)12/h2-3,5-6,13H,4H2,1H3,(H,11,12). The van der Waals surface area contributed by atoms with Crippen LogP contribution in [-0.4, -0.2) is 39.7 Å². The van der Waals surface area contributed by atoms with Crippen molar-refractivity contribution in [2.75, 3.05) is 6.54 Å². The first-order valence-corrected chi connectivity index (χ1v) is 4.43. The largest absolute Gasteiger partial charge is 0.479 e. The van der Waals surface area contributed by atoms with Gasteiger partial charge in [0.1, 0.15) is 6.04 Å². The quantitative estimate of drug-likeness (QED) is 0.494. The number of thiol groups is 1. The van der Waals surface area contributed by atoms with Crippen molar-refractivity contribution >= 4 is 24.5 Å². The van der Waals surface area contributed by atoms with E-state index in [1.807, 2.05) is 0 Å². The molecular weight excluding hydrogens is 190 g/mol. The number of aliphatic carboxylic acids is 1. The lowest BCUT2D eigenvalue weighted by Gasteiger charge is -2.22. The van der Waals surface area contributed by atoms with Crippen molar-refractivity contribution < 1.29 is 14.7 Å². The number of nitrogens with zero attached hydrogens (tertiary/aromatic N) is 1. The third-order valence-electron chi connectivity index (χ3n) is 1.85. The Morgan fingerprint density at radius 3 is 2.77 bits per heavy atom. The lowest BCUT2D eigenvalue weighted by Crippen LogP contribution is -2.43. The molecule has 0 radical (unpaired) electrons. The molecule has 0 spiro atoms. The van der Waals surface area contributed by atoms with Gasteiger partial charge in [0, 0.05) is 6.54 Å². The minimum Gasteiger partial charge on any atom is -0.479 e. The second kappa shape index (κ2) is 3.83. The van der Waals surface area contributed by atoms with E-state index in [4.69, 9.17) is 5.11 Å². The number of carbonyl (C=O) groups is 2. The summed E-state index contributed by atoms with van der Waals surface area (Å²) in [7, 11) is 0. The highest BCUT2D eigenvalue weighted by Gasteiger charge is 2.31. The van der Waals surface area contributed by atoms with Crippen LogP contribution in [0.25, 0.3) is 0 Å². The minimum absolute atomic E-state index is 0.249. The number of amides is 1. The van der Waals surface area contributed by atoms with E-state index in [1.165, 1.54) is 11.0 Å². The maximum absolute atomic E-state index is 11.4. The molecule has 1 amide bonds. The van der Waals surface area contributed by atoms with Gasteiger partial charge in [0.2, 0.25) is 5.91 Å². The smallest absolute Gasteiger partial charge is 0.330 e. The molecule has 0 fully saturated rings. The van der Waals surface area contributed by atoms with Crippen molar-refractivity contribution in [3.8, 4) is 0 Å². The van der Waals surface area contributed by atoms with Gasteiger partial charge < -0.3 is 10.0 Å². The van der Waals surface area contributed by atoms with E-state index in [-0.39, 0.29) is 5.91 Å². The Morgan fingerprint density at radius 2 is 2.31 bits per heavy atom. The van der Waals surface area contributed by atoms with Crippen LogP contribution < -0.4 is 0 Å². The first-order valence-electron chi connectivity index (χ1n) is 3.92. The average Bonchev–Trinajstić information content (AvgIpc) is 2.50. The summed E-state index contributed by atoms with van der Waals surface area (Å²) in [5, 5.41) is 8.29. The molecule has 0 saturated heterocycles. The Bertz CT molecular complexity index is 262. The van der Waals surface area contributed by atoms with Crippen LogP contribution in [0, 0.1) is 0 Å². The minimum atomic E-state index is -1.00. The first kappa shape index (κ1) is 10.1. The SMILES string of the molecule is CC(S)C(=O)N1CC=CC1C(=O)O. The van der Waals surface area contributed by atoms with E-state index >= 15 is 0 Å². The van der Waals surface area contributed by atoms with Crippen molar-refractivity contribution in [2.24, 2.45) is 0 Å². The molecular formula is C8H11NO3S. The number of hydrogen-bond donors (Lipinski definition) is 2. The fourth-order valence-corrected chi connectivity index (χ4v) is 1.35. The van der Waals surface area contributed by atoms with Gasteiger partial charge in [-0.3, -0.25) is 4.79 Å². The Hall–Kier alpha value is -0.970. The van der Waals surface area contributed by atoms with Gasteiger partial charge in [-0.05, 0) is 6.92 Å². The van der Waals surface area contributed by atoms with Crippen LogP contribution in [0.15, 0.2) is 12.2 Å². The third kappa shape index (κ3) is 2.03. The van der Waals surface area contributed by atoms with E-state index in [1.54, 1.807) is 13.0 Å². The molecule has 1 aliphatic rings. The highest BCUT2D eigenvalue weighted by molar-refractivity contribution is 7.81. The summed E-state index contributed by atoms with van der Waals surface area (Å²) in [6, 6.07) is -0.818. The maximum Gasteiger partial charge on any atom is 0.330 e. The van der Waals surface area contributed by atoms with Gasteiger partial charge in [-0.1, -0.05) is 12.2 Å². The Balaban J connectivity index is 2.72. The zero-order valence-electron chi connectivity index (χ0n) is 7.17. The summed E-state index contributed by atoms with van der Waals surface area (Å²) in [6.45, 7) is 1.99. The number of carboxylic acids is 1. The Labute approximate surface area is 81.6 Å². The first-order chi connectivity index (χ1) is 6.04. The van der Waals surface area contributed by atoms with E-state index in [2.05, 4.69) is 12.6 Å². The van der Waals surface area contributed by atoms with Gasteiger partial charge in [0.05, 0.1) is 5.25 Å². The fourth-order valence-electron chi connectivity index (χ4n) is 1.20.